The number of nitrogens with two attached hydrogens (primary N) is 1. The maximum Gasteiger partial charge on any atom is 0.327 e. The van der Waals surface area contributed by atoms with Crippen LogP contribution >= 0.6 is 11.6 Å². The second-order valence-corrected chi connectivity index (χ2v) is 3.53. The summed E-state index contributed by atoms with van der Waals surface area (Å²) < 4.78 is 17.7. The SMILES string of the molecule is COC(=O)C(N)c1cc(F)c(C)cc1Cl. The van der Waals surface area contributed by atoms with E-state index in [0.717, 1.165) is 6.07 Å². The molecule has 3 nitrogen and oxygen atoms in total. The van der Waals surface area contributed by atoms with Crippen molar-refractivity contribution in [3.8, 4) is 0 Å². The fraction of sp³-hybridized carbons (Fsp3) is 0.300. The van der Waals surface area contributed by atoms with Gasteiger partial charge in [0.15, 0.2) is 0 Å². The lowest BCUT2D eigenvalue weighted by atomic mass is 10.1. The summed E-state index contributed by atoms with van der Waals surface area (Å²) in [7, 11) is 1.21. The van der Waals surface area contributed by atoms with Crippen molar-refractivity contribution in [2.45, 2.75) is 13.0 Å². The number of halogens is 2. The van der Waals surface area contributed by atoms with Crippen molar-refractivity contribution in [2.24, 2.45) is 5.73 Å². The largest absolute Gasteiger partial charge is 0.468 e. The van der Waals surface area contributed by atoms with E-state index in [1.165, 1.54) is 13.2 Å². The third-order valence-corrected chi connectivity index (χ3v) is 2.40. The lowest BCUT2D eigenvalue weighted by Gasteiger charge is -2.12. The second-order valence-electron chi connectivity index (χ2n) is 3.12. The van der Waals surface area contributed by atoms with E-state index in [1.807, 2.05) is 0 Å². The fourth-order valence-electron chi connectivity index (χ4n) is 1.15. The number of aryl methyl sites for hydroxylation is 1. The van der Waals surface area contributed by atoms with E-state index in [1.54, 1.807) is 6.92 Å². The first-order valence-corrected chi connectivity index (χ1v) is 4.64. The lowest BCUT2D eigenvalue weighted by molar-refractivity contribution is -0.142. The summed E-state index contributed by atoms with van der Waals surface area (Å²) in [5.41, 5.74) is 6.18. The van der Waals surface area contributed by atoms with Crippen LogP contribution < -0.4 is 5.73 Å². The van der Waals surface area contributed by atoms with Gasteiger partial charge in [-0.3, -0.25) is 4.79 Å². The average molecular weight is 232 g/mol. The molecule has 0 saturated carbocycles. The minimum atomic E-state index is -1.06. The van der Waals surface area contributed by atoms with Gasteiger partial charge in [0.25, 0.3) is 0 Å². The van der Waals surface area contributed by atoms with E-state index < -0.39 is 17.8 Å². The smallest absolute Gasteiger partial charge is 0.327 e. The maximum atomic E-state index is 13.2. The third kappa shape index (κ3) is 2.46. The van der Waals surface area contributed by atoms with Crippen molar-refractivity contribution in [1.29, 1.82) is 0 Å². The number of methoxy groups -OCH3 is 1. The van der Waals surface area contributed by atoms with Crippen molar-refractivity contribution in [3.05, 3.63) is 34.1 Å². The summed E-state index contributed by atoms with van der Waals surface area (Å²) >= 11 is 5.84. The number of hydrogen-bond acceptors (Lipinski definition) is 3. The van der Waals surface area contributed by atoms with E-state index in [9.17, 15) is 9.18 Å². The van der Waals surface area contributed by atoms with Crippen LogP contribution in [0.1, 0.15) is 17.2 Å². The number of esters is 1. The molecule has 0 aromatic heterocycles. The van der Waals surface area contributed by atoms with E-state index in [0.29, 0.717) is 5.56 Å². The Morgan fingerprint density at radius 3 is 2.73 bits per heavy atom. The number of carbonyl (C=O) groups excluding carboxylic acids is 1. The molecule has 0 saturated heterocycles. The summed E-state index contributed by atoms with van der Waals surface area (Å²) in [6.07, 6.45) is 0. The molecule has 1 aromatic carbocycles. The molecule has 1 aromatic rings. The van der Waals surface area contributed by atoms with Crippen molar-refractivity contribution in [2.75, 3.05) is 7.11 Å². The van der Waals surface area contributed by atoms with E-state index in [4.69, 9.17) is 17.3 Å². The van der Waals surface area contributed by atoms with Gasteiger partial charge in [0.2, 0.25) is 0 Å². The highest BCUT2D eigenvalue weighted by Gasteiger charge is 2.20. The van der Waals surface area contributed by atoms with Gasteiger partial charge in [0.1, 0.15) is 11.9 Å². The van der Waals surface area contributed by atoms with Crippen LogP contribution in [-0.2, 0) is 9.53 Å². The Bertz CT molecular complexity index is 395. The van der Waals surface area contributed by atoms with Gasteiger partial charge in [0.05, 0.1) is 7.11 Å². The highest BCUT2D eigenvalue weighted by Crippen LogP contribution is 2.25. The van der Waals surface area contributed by atoms with Gasteiger partial charge in [-0.25, -0.2) is 4.39 Å². The van der Waals surface area contributed by atoms with Gasteiger partial charge in [-0.05, 0) is 24.6 Å². The van der Waals surface area contributed by atoms with Crippen LogP contribution in [0.15, 0.2) is 12.1 Å². The zero-order chi connectivity index (χ0) is 11.6. The van der Waals surface area contributed by atoms with Crippen molar-refractivity contribution in [3.63, 3.8) is 0 Å². The fourth-order valence-corrected chi connectivity index (χ4v) is 1.49. The summed E-state index contributed by atoms with van der Waals surface area (Å²) in [6.45, 7) is 1.58. The van der Waals surface area contributed by atoms with Crippen LogP contribution in [0.5, 0.6) is 0 Å². The average Bonchev–Trinajstić information content (AvgIpc) is 2.21. The molecular weight excluding hydrogens is 221 g/mol. The normalized spacial score (nSPS) is 12.3. The van der Waals surface area contributed by atoms with Gasteiger partial charge in [-0.15, -0.1) is 0 Å². The molecule has 0 radical (unpaired) electrons. The Balaban J connectivity index is 3.14. The molecule has 2 N–H and O–H groups in total. The van der Waals surface area contributed by atoms with Crippen molar-refractivity contribution in [1.82, 2.24) is 0 Å². The van der Waals surface area contributed by atoms with Gasteiger partial charge >= 0.3 is 5.97 Å². The number of carbonyl (C=O) groups is 1. The minimum Gasteiger partial charge on any atom is -0.468 e. The standard InChI is InChI=1S/C10H11ClFNO2/c1-5-3-7(11)6(4-8(5)12)9(13)10(14)15-2/h3-4,9H,13H2,1-2H3. The minimum absolute atomic E-state index is 0.228. The zero-order valence-corrected chi connectivity index (χ0v) is 9.14. The van der Waals surface area contributed by atoms with Crippen LogP contribution in [0.4, 0.5) is 4.39 Å². The molecule has 1 unspecified atom stereocenters. The summed E-state index contributed by atoms with van der Waals surface area (Å²) in [5, 5.41) is 0.256. The molecule has 0 spiro atoms. The molecule has 82 valence electrons. The van der Waals surface area contributed by atoms with Crippen LogP contribution in [-0.4, -0.2) is 13.1 Å². The van der Waals surface area contributed by atoms with E-state index in [-0.39, 0.29) is 10.6 Å². The zero-order valence-electron chi connectivity index (χ0n) is 8.38. The Labute approximate surface area is 92.0 Å². The number of rotatable bonds is 2. The maximum absolute atomic E-state index is 13.2. The highest BCUT2D eigenvalue weighted by atomic mass is 35.5. The Morgan fingerprint density at radius 2 is 2.20 bits per heavy atom. The van der Waals surface area contributed by atoms with Gasteiger partial charge < -0.3 is 10.5 Å². The number of ether oxygens (including phenoxy) is 1. The molecule has 1 rings (SSSR count). The van der Waals surface area contributed by atoms with Crippen LogP contribution in [0.2, 0.25) is 5.02 Å². The van der Waals surface area contributed by atoms with Crippen molar-refractivity contribution >= 4 is 17.6 Å². The second kappa shape index (κ2) is 4.59. The molecule has 0 aliphatic carbocycles. The molecule has 5 heteroatoms. The molecule has 15 heavy (non-hydrogen) atoms. The molecule has 0 heterocycles. The monoisotopic (exact) mass is 231 g/mol. The first-order chi connectivity index (χ1) is 6.97. The van der Waals surface area contributed by atoms with Crippen LogP contribution in [0.25, 0.3) is 0 Å². The Kier molecular flexibility index (Phi) is 3.66. The first kappa shape index (κ1) is 11.9. The summed E-state index contributed by atoms with van der Waals surface area (Å²) in [5.74, 6) is -1.10. The lowest BCUT2D eigenvalue weighted by Crippen LogP contribution is -2.23. The summed E-state index contributed by atoms with van der Waals surface area (Å²) in [4.78, 5) is 11.1. The van der Waals surface area contributed by atoms with Gasteiger partial charge in [-0.2, -0.15) is 0 Å². The topological polar surface area (TPSA) is 52.3 Å². The highest BCUT2D eigenvalue weighted by molar-refractivity contribution is 6.31. The molecule has 0 aliphatic rings. The molecule has 0 amide bonds. The van der Waals surface area contributed by atoms with Crippen LogP contribution in [0, 0.1) is 12.7 Å². The molecule has 0 aliphatic heterocycles. The Morgan fingerprint density at radius 1 is 1.60 bits per heavy atom. The quantitative estimate of drug-likeness (QED) is 0.792. The molecule has 0 bridgehead atoms. The van der Waals surface area contributed by atoms with Gasteiger partial charge in [0, 0.05) is 10.6 Å². The van der Waals surface area contributed by atoms with E-state index >= 15 is 0 Å². The van der Waals surface area contributed by atoms with Crippen molar-refractivity contribution < 1.29 is 13.9 Å². The summed E-state index contributed by atoms with van der Waals surface area (Å²) in [6, 6.07) is 1.52. The first-order valence-electron chi connectivity index (χ1n) is 4.26. The van der Waals surface area contributed by atoms with Gasteiger partial charge in [-0.1, -0.05) is 11.6 Å². The molecular formula is C10H11ClFNO2. The molecule has 1 atom stereocenters. The molecule has 0 fully saturated rings. The predicted molar refractivity (Wildman–Crippen MR) is 55.1 cm³/mol. The van der Waals surface area contributed by atoms with E-state index in [2.05, 4.69) is 4.74 Å². The van der Waals surface area contributed by atoms with Crippen LogP contribution in [0.3, 0.4) is 0 Å². The Hall–Kier alpha value is -1.13. The number of benzene rings is 1. The predicted octanol–water partition coefficient (Wildman–Crippen LogP) is 1.96. The third-order valence-electron chi connectivity index (χ3n) is 2.07. The number of hydrogen-bond donors (Lipinski definition) is 1.